The Morgan fingerprint density at radius 1 is 0.780 bits per heavy atom. The molecule has 10 nitrogen and oxygen atoms in total. The number of aromatic carboxylic acids is 1. The van der Waals surface area contributed by atoms with Crippen LogP contribution < -0.4 is 10.8 Å². The Hall–Kier alpha value is -4.52. The van der Waals surface area contributed by atoms with Crippen LogP contribution in [0.5, 0.6) is 0 Å². The number of carboxylic acids is 1. The van der Waals surface area contributed by atoms with Crippen molar-refractivity contribution in [3.8, 4) is 11.1 Å². The molecule has 0 aromatic heterocycles. The second kappa shape index (κ2) is 18.5. The first-order chi connectivity index (χ1) is 24.3. The molecule has 3 atom stereocenters. The van der Waals surface area contributed by atoms with Crippen LogP contribution >= 0.6 is 11.8 Å². The van der Waals surface area contributed by atoms with Crippen molar-refractivity contribution in [3.05, 3.63) is 125 Å². The molecule has 0 aliphatic carbocycles. The van der Waals surface area contributed by atoms with Gasteiger partial charge in [0.25, 0.3) is 0 Å². The molecule has 262 valence electrons. The molecule has 1 saturated heterocycles. The molecule has 0 saturated carbocycles. The summed E-state index contributed by atoms with van der Waals surface area (Å²) < 4.78 is 13.0. The van der Waals surface area contributed by atoms with Gasteiger partial charge < -0.3 is 25.0 Å². The summed E-state index contributed by atoms with van der Waals surface area (Å²) in [5, 5.41) is 30.8. The van der Waals surface area contributed by atoms with Crippen LogP contribution in [0.2, 0.25) is 0 Å². The van der Waals surface area contributed by atoms with Crippen LogP contribution in [0.25, 0.3) is 11.1 Å². The van der Waals surface area contributed by atoms with Gasteiger partial charge in [0, 0.05) is 42.0 Å². The molecule has 0 radical (unpaired) electrons. The summed E-state index contributed by atoms with van der Waals surface area (Å²) in [5.74, 6) is -0.920. The number of hydrogen-bond donors (Lipinski definition) is 5. The van der Waals surface area contributed by atoms with Crippen molar-refractivity contribution in [3.63, 3.8) is 0 Å². The van der Waals surface area contributed by atoms with Crippen LogP contribution in [-0.2, 0) is 32.2 Å². The van der Waals surface area contributed by atoms with Gasteiger partial charge in [-0.3, -0.25) is 14.8 Å². The maximum absolute atomic E-state index is 12.5. The van der Waals surface area contributed by atoms with E-state index in [1.54, 1.807) is 17.6 Å². The smallest absolute Gasteiger partial charge is 0.336 e. The number of nitrogens with one attached hydrogen (secondary N) is 2. The summed E-state index contributed by atoms with van der Waals surface area (Å²) in [6, 6.07) is 30.5. The van der Waals surface area contributed by atoms with E-state index in [1.165, 1.54) is 11.8 Å². The van der Waals surface area contributed by atoms with Crippen LogP contribution in [0.4, 0.5) is 0 Å². The topological polar surface area (TPSA) is 154 Å². The van der Waals surface area contributed by atoms with Crippen molar-refractivity contribution in [2.45, 2.75) is 75.1 Å². The van der Waals surface area contributed by atoms with E-state index in [9.17, 15) is 24.6 Å². The number of ether oxygens (including phenoxy) is 2. The van der Waals surface area contributed by atoms with Gasteiger partial charge in [0.2, 0.25) is 11.8 Å². The van der Waals surface area contributed by atoms with Crippen LogP contribution in [0.1, 0.15) is 83.5 Å². The summed E-state index contributed by atoms with van der Waals surface area (Å²) in [4.78, 5) is 36.1. The lowest BCUT2D eigenvalue weighted by Gasteiger charge is -2.36. The number of carbonyl (C=O) groups is 3. The first-order valence-corrected chi connectivity index (χ1v) is 17.7. The number of aliphatic hydroxyl groups excluding tert-OH is 1. The molecule has 1 aliphatic rings. The number of amides is 2. The fourth-order valence-electron chi connectivity index (χ4n) is 5.84. The number of hydroxylamine groups is 1. The maximum atomic E-state index is 12.5. The second-order valence-electron chi connectivity index (χ2n) is 12.1. The largest absolute Gasteiger partial charge is 0.478 e. The fourth-order valence-corrected chi connectivity index (χ4v) is 6.90. The van der Waals surface area contributed by atoms with Gasteiger partial charge in [-0.05, 0) is 52.8 Å². The van der Waals surface area contributed by atoms with Gasteiger partial charge in [-0.2, -0.15) is 0 Å². The predicted octanol–water partition coefficient (Wildman–Crippen LogP) is 6.95. The monoisotopic (exact) mass is 698 g/mol. The SMILES string of the molecule is O=C(CCCCCC(=O)NCc1ccccc1-c1ccc([C@H]2O[C@@H](CSc3ccccc3C(=O)O)C[C@@H](c3ccc(CO)cc3)O2)cc1)NO. The van der Waals surface area contributed by atoms with Crippen LogP contribution in [0.3, 0.4) is 0 Å². The van der Waals surface area contributed by atoms with E-state index in [4.69, 9.17) is 14.7 Å². The van der Waals surface area contributed by atoms with Gasteiger partial charge in [-0.25, -0.2) is 10.3 Å². The van der Waals surface area contributed by atoms with E-state index in [2.05, 4.69) is 5.32 Å². The van der Waals surface area contributed by atoms with Gasteiger partial charge in [-0.1, -0.05) is 91.3 Å². The zero-order valence-electron chi connectivity index (χ0n) is 27.6. The average Bonchev–Trinajstić information content (AvgIpc) is 3.16. The van der Waals surface area contributed by atoms with E-state index in [-0.39, 0.29) is 36.7 Å². The zero-order valence-corrected chi connectivity index (χ0v) is 28.4. The van der Waals surface area contributed by atoms with E-state index in [0.29, 0.717) is 49.3 Å². The number of benzene rings is 4. The summed E-state index contributed by atoms with van der Waals surface area (Å²) in [5.41, 5.74) is 7.44. The summed E-state index contributed by atoms with van der Waals surface area (Å²) in [7, 11) is 0. The van der Waals surface area contributed by atoms with Crippen molar-refractivity contribution in [2.24, 2.45) is 0 Å². The lowest BCUT2D eigenvalue weighted by molar-refractivity contribution is -0.245. The number of carbonyl (C=O) groups excluding carboxylic acids is 2. The van der Waals surface area contributed by atoms with Gasteiger partial charge in [0.15, 0.2) is 6.29 Å². The standard InChI is InChI=1S/C39H42N2O8S/c42-24-26-14-16-28(17-15-26)34-22-31(25-50-35-11-7-6-10-33(35)38(45)46)48-39(49-34)29-20-18-27(19-21-29)32-9-5-4-8-30(32)23-40-36(43)12-2-1-3-13-37(44)41-47/h4-11,14-21,31,34,39,42,47H,1-3,12-13,22-25H2,(H,40,43)(H,41,44)(H,45,46)/t31-,34+,39+/m1/s1. The van der Waals surface area contributed by atoms with Crippen LogP contribution in [-0.4, -0.2) is 45.1 Å². The molecule has 4 aromatic carbocycles. The highest BCUT2D eigenvalue weighted by Gasteiger charge is 2.32. The molecule has 1 heterocycles. The average molecular weight is 699 g/mol. The minimum absolute atomic E-state index is 0.0450. The summed E-state index contributed by atoms with van der Waals surface area (Å²) >= 11 is 1.45. The van der Waals surface area contributed by atoms with Crippen LogP contribution in [0.15, 0.2) is 102 Å². The summed E-state index contributed by atoms with van der Waals surface area (Å²) in [6.45, 7) is 0.330. The van der Waals surface area contributed by atoms with Crippen molar-refractivity contribution in [1.82, 2.24) is 10.8 Å². The maximum Gasteiger partial charge on any atom is 0.336 e. The number of unbranched alkanes of at least 4 members (excludes halogenated alkanes) is 2. The van der Waals surface area contributed by atoms with E-state index in [0.717, 1.165) is 33.4 Å². The van der Waals surface area contributed by atoms with Crippen molar-refractivity contribution >= 4 is 29.5 Å². The molecule has 4 aromatic rings. The normalized spacial score (nSPS) is 17.2. The first-order valence-electron chi connectivity index (χ1n) is 16.7. The number of hydrogen-bond acceptors (Lipinski definition) is 8. The quantitative estimate of drug-likeness (QED) is 0.0362. The van der Waals surface area contributed by atoms with Crippen molar-refractivity contribution < 1.29 is 39.3 Å². The third-order valence-electron chi connectivity index (χ3n) is 8.58. The first kappa shape index (κ1) is 36.8. The molecule has 5 rings (SSSR count). The fraction of sp³-hybridized carbons (Fsp3) is 0.308. The number of rotatable bonds is 16. The Morgan fingerprint density at radius 3 is 2.18 bits per heavy atom. The molecule has 50 heavy (non-hydrogen) atoms. The highest BCUT2D eigenvalue weighted by atomic mass is 32.2. The molecule has 5 N–H and O–H groups in total. The number of aliphatic hydroxyl groups is 1. The molecule has 0 unspecified atom stereocenters. The lowest BCUT2D eigenvalue weighted by Crippen LogP contribution is -2.31. The predicted molar refractivity (Wildman–Crippen MR) is 189 cm³/mol. The van der Waals surface area contributed by atoms with Crippen molar-refractivity contribution in [2.75, 3.05) is 5.75 Å². The molecule has 0 bridgehead atoms. The number of carboxylic acid groups (broad SMARTS) is 1. The third-order valence-corrected chi connectivity index (χ3v) is 9.78. The molecule has 1 aliphatic heterocycles. The minimum Gasteiger partial charge on any atom is -0.478 e. The third kappa shape index (κ3) is 10.3. The van der Waals surface area contributed by atoms with Gasteiger partial charge in [-0.15, -0.1) is 11.8 Å². The Morgan fingerprint density at radius 2 is 1.46 bits per heavy atom. The van der Waals surface area contributed by atoms with Crippen LogP contribution in [0, 0.1) is 0 Å². The highest BCUT2D eigenvalue weighted by molar-refractivity contribution is 7.99. The highest BCUT2D eigenvalue weighted by Crippen LogP contribution is 2.40. The van der Waals surface area contributed by atoms with Gasteiger partial charge >= 0.3 is 5.97 Å². The molecule has 0 spiro atoms. The summed E-state index contributed by atoms with van der Waals surface area (Å²) in [6.07, 6.45) is 1.98. The molecular formula is C39H42N2O8S. The van der Waals surface area contributed by atoms with Gasteiger partial charge in [0.1, 0.15) is 0 Å². The zero-order chi connectivity index (χ0) is 35.3. The van der Waals surface area contributed by atoms with E-state index >= 15 is 0 Å². The minimum atomic E-state index is -0.969. The Balaban J connectivity index is 1.26. The Bertz CT molecular complexity index is 1730. The Kier molecular flexibility index (Phi) is 13.6. The Labute approximate surface area is 295 Å². The second-order valence-corrected chi connectivity index (χ2v) is 13.2. The molecule has 2 amide bonds. The molecular weight excluding hydrogens is 657 g/mol. The molecule has 1 fully saturated rings. The lowest BCUT2D eigenvalue weighted by atomic mass is 9.97. The van der Waals surface area contributed by atoms with E-state index < -0.39 is 18.2 Å². The molecule has 11 heteroatoms. The van der Waals surface area contributed by atoms with Gasteiger partial charge in [0.05, 0.1) is 24.4 Å². The van der Waals surface area contributed by atoms with E-state index in [1.807, 2.05) is 84.9 Å². The van der Waals surface area contributed by atoms with Crippen molar-refractivity contribution in [1.29, 1.82) is 0 Å². The number of thioether (sulfide) groups is 1.